The van der Waals surface area contributed by atoms with Crippen molar-refractivity contribution in [2.45, 2.75) is 102 Å². The molecule has 3 heterocycles. The molecule has 3 rings (SSSR count). The van der Waals surface area contributed by atoms with E-state index in [4.69, 9.17) is 10.5 Å². The molecule has 1 amide bonds. The van der Waals surface area contributed by atoms with Crippen molar-refractivity contribution in [2.24, 2.45) is 11.1 Å². The molecule has 0 saturated carbocycles. The molecule has 0 aliphatic heterocycles. The summed E-state index contributed by atoms with van der Waals surface area (Å²) in [5.74, 6) is -1.38. The Morgan fingerprint density at radius 3 is 2.18 bits per heavy atom. The van der Waals surface area contributed by atoms with E-state index in [-0.39, 0.29) is 28.4 Å². The third-order valence-corrected chi connectivity index (χ3v) is 10.9. The summed E-state index contributed by atoms with van der Waals surface area (Å²) in [5.41, 5.74) is 4.85. The van der Waals surface area contributed by atoms with Crippen LogP contribution in [-0.2, 0) is 36.1 Å². The molecule has 3 aromatic heterocycles. The molecule has 0 spiro atoms. The molecule has 0 bridgehead atoms. The van der Waals surface area contributed by atoms with Gasteiger partial charge in [0.2, 0.25) is 9.84 Å². The quantitative estimate of drug-likeness (QED) is 0.259. The Morgan fingerprint density at radius 1 is 1.00 bits per heavy atom. The topological polar surface area (TPSA) is 153 Å². The van der Waals surface area contributed by atoms with Gasteiger partial charge in [0, 0.05) is 22.4 Å². The number of carbonyl (C=O) groups excluding carboxylic acids is 1. The molecule has 240 valence electrons. The number of nitrogens with two attached hydrogens (primary N) is 1. The Hall–Kier alpha value is -3.35. The predicted molar refractivity (Wildman–Crippen MR) is 172 cm³/mol. The van der Waals surface area contributed by atoms with Gasteiger partial charge in [-0.15, -0.1) is 11.3 Å². The summed E-state index contributed by atoms with van der Waals surface area (Å²) in [6.07, 6.45) is 1.18. The monoisotopic (exact) mass is 644 g/mol. The average Bonchev–Trinajstić information content (AvgIpc) is 3.39. The fraction of sp³-hybridized carbons (Fsp3) is 0.500. The Balaban J connectivity index is 2.28. The Morgan fingerprint density at radius 2 is 1.66 bits per heavy atom. The van der Waals surface area contributed by atoms with Crippen LogP contribution in [0.4, 0.5) is 10.6 Å². The van der Waals surface area contributed by atoms with E-state index in [0.717, 1.165) is 21.1 Å². The van der Waals surface area contributed by atoms with Gasteiger partial charge in [0.1, 0.15) is 17.5 Å². The minimum absolute atomic E-state index is 0.0723. The maximum absolute atomic E-state index is 14.3. The van der Waals surface area contributed by atoms with Crippen molar-refractivity contribution < 1.29 is 27.9 Å². The molecule has 0 saturated heterocycles. The highest BCUT2D eigenvalue weighted by atomic mass is 32.2. The fourth-order valence-corrected chi connectivity index (χ4v) is 7.52. The van der Waals surface area contributed by atoms with Crippen LogP contribution in [0.15, 0.2) is 59.8 Å². The molecule has 3 N–H and O–H groups in total. The molecule has 0 fully saturated rings. The van der Waals surface area contributed by atoms with Crippen LogP contribution in [-0.4, -0.2) is 47.2 Å². The number of amides is 1. The van der Waals surface area contributed by atoms with Crippen LogP contribution in [0.3, 0.4) is 0 Å². The Labute approximate surface area is 264 Å². The molecule has 3 aromatic rings. The first-order chi connectivity index (χ1) is 20.1. The van der Waals surface area contributed by atoms with E-state index in [2.05, 4.69) is 30.7 Å². The number of sulfone groups is 1. The van der Waals surface area contributed by atoms with Crippen LogP contribution in [0.25, 0.3) is 0 Å². The zero-order valence-electron chi connectivity index (χ0n) is 26.9. The zero-order chi connectivity index (χ0) is 33.3. The van der Waals surface area contributed by atoms with Crippen molar-refractivity contribution in [3.63, 3.8) is 0 Å². The first-order valence-electron chi connectivity index (χ1n) is 14.4. The molecule has 10 nitrogen and oxygen atoms in total. The molecule has 2 atom stereocenters. The van der Waals surface area contributed by atoms with Crippen LogP contribution in [0.2, 0.25) is 0 Å². The molecular weight excluding hydrogens is 601 g/mol. The fourth-order valence-electron chi connectivity index (χ4n) is 4.59. The lowest BCUT2D eigenvalue weighted by molar-refractivity contribution is -0.141. The standard InChI is InChI=1S/C32H44N4O6S2/c1-10-31(8,9)23-18-17-21(43-23)20-32(33,44(40,41)25-16-11-12-19-34-25)22-14-13-15-24(35-22)36(28(39)42-30(5,6)7)26(27(37)38)29(2,3)4/h11-19,26H,10,20,33H2,1-9H3,(H,37,38). The summed E-state index contributed by atoms with van der Waals surface area (Å²) in [4.78, 5) is 35.5. The molecule has 2 unspecified atom stereocenters. The van der Waals surface area contributed by atoms with Crippen molar-refractivity contribution in [1.82, 2.24) is 9.97 Å². The third-order valence-electron chi connectivity index (χ3n) is 7.36. The number of ether oxygens (including phenoxy) is 1. The number of nitrogens with zero attached hydrogens (tertiary/aromatic N) is 3. The summed E-state index contributed by atoms with van der Waals surface area (Å²) in [7, 11) is -4.38. The number of rotatable bonds is 10. The molecule has 0 aromatic carbocycles. The van der Waals surface area contributed by atoms with Gasteiger partial charge in [0.25, 0.3) is 0 Å². The molecule has 0 radical (unpaired) electrons. The summed E-state index contributed by atoms with van der Waals surface area (Å²) in [6, 6.07) is 11.4. The second-order valence-electron chi connectivity index (χ2n) is 13.6. The minimum Gasteiger partial charge on any atom is -0.480 e. The number of anilines is 1. The maximum Gasteiger partial charge on any atom is 0.416 e. The number of pyridine rings is 2. The zero-order valence-corrected chi connectivity index (χ0v) is 28.5. The lowest BCUT2D eigenvalue weighted by atomic mass is 9.85. The minimum atomic E-state index is -4.38. The average molecular weight is 645 g/mol. The van der Waals surface area contributed by atoms with E-state index in [1.807, 2.05) is 12.1 Å². The number of hydrogen-bond acceptors (Lipinski definition) is 9. The number of carboxylic acids is 1. The lowest BCUT2D eigenvalue weighted by Crippen LogP contribution is -2.54. The smallest absolute Gasteiger partial charge is 0.416 e. The van der Waals surface area contributed by atoms with Gasteiger partial charge in [-0.1, -0.05) is 53.7 Å². The number of hydrogen-bond donors (Lipinski definition) is 2. The van der Waals surface area contributed by atoms with E-state index in [1.165, 1.54) is 41.8 Å². The van der Waals surface area contributed by atoms with Gasteiger partial charge < -0.3 is 15.6 Å². The number of aliphatic carboxylic acids is 1. The van der Waals surface area contributed by atoms with Crippen molar-refractivity contribution in [3.8, 4) is 0 Å². The second kappa shape index (κ2) is 12.6. The van der Waals surface area contributed by atoms with Gasteiger partial charge in [0.15, 0.2) is 9.90 Å². The molecule has 44 heavy (non-hydrogen) atoms. The third kappa shape index (κ3) is 7.47. The number of carboxylic acid groups (broad SMARTS) is 1. The highest BCUT2D eigenvalue weighted by molar-refractivity contribution is 7.92. The van der Waals surface area contributed by atoms with E-state index >= 15 is 0 Å². The highest BCUT2D eigenvalue weighted by Gasteiger charge is 2.47. The Bertz CT molecular complexity index is 1590. The van der Waals surface area contributed by atoms with Crippen LogP contribution in [0.5, 0.6) is 0 Å². The van der Waals surface area contributed by atoms with E-state index in [1.54, 1.807) is 53.7 Å². The number of aromatic nitrogens is 2. The largest absolute Gasteiger partial charge is 0.480 e. The van der Waals surface area contributed by atoms with Crippen LogP contribution < -0.4 is 10.6 Å². The van der Waals surface area contributed by atoms with Gasteiger partial charge in [-0.3, -0.25) is 0 Å². The SMILES string of the molecule is CCC(C)(C)c1ccc(CC(N)(c2cccc(N(C(=O)OC(C)(C)C)C(C(=O)O)C(C)(C)C)n2)S(=O)(=O)c2ccccn2)s1. The van der Waals surface area contributed by atoms with Crippen LogP contribution in [0.1, 0.15) is 84.2 Å². The van der Waals surface area contributed by atoms with Crippen molar-refractivity contribution in [3.05, 3.63) is 70.2 Å². The van der Waals surface area contributed by atoms with Crippen molar-refractivity contribution >= 4 is 39.1 Å². The van der Waals surface area contributed by atoms with Gasteiger partial charge in [-0.05, 0) is 74.4 Å². The van der Waals surface area contributed by atoms with E-state index in [0.29, 0.717) is 0 Å². The normalized spacial score (nSPS) is 14.9. The predicted octanol–water partition coefficient (Wildman–Crippen LogP) is 6.29. The van der Waals surface area contributed by atoms with Gasteiger partial charge >= 0.3 is 12.1 Å². The Kier molecular flexibility index (Phi) is 10.0. The van der Waals surface area contributed by atoms with Gasteiger partial charge in [0.05, 0.1) is 5.69 Å². The second-order valence-corrected chi connectivity index (χ2v) is 16.9. The molecular formula is C32H44N4O6S2. The van der Waals surface area contributed by atoms with Crippen molar-refractivity contribution in [2.75, 3.05) is 4.90 Å². The lowest BCUT2D eigenvalue weighted by Gasteiger charge is -2.37. The number of carbonyl (C=O) groups is 2. The maximum atomic E-state index is 14.3. The number of thiophene rings is 1. The van der Waals surface area contributed by atoms with E-state index < -0.39 is 43.8 Å². The summed E-state index contributed by atoms with van der Waals surface area (Å²) < 4.78 is 34.2. The van der Waals surface area contributed by atoms with Crippen molar-refractivity contribution in [1.29, 1.82) is 0 Å². The van der Waals surface area contributed by atoms with Gasteiger partial charge in [-0.2, -0.15) is 0 Å². The summed E-state index contributed by atoms with van der Waals surface area (Å²) in [5, 5.41) is 10.0. The first kappa shape index (κ1) is 35.1. The van der Waals surface area contributed by atoms with E-state index in [9.17, 15) is 23.1 Å². The molecule has 0 aliphatic rings. The first-order valence-corrected chi connectivity index (χ1v) is 16.7. The van der Waals surface area contributed by atoms with Crippen LogP contribution in [0, 0.1) is 5.41 Å². The summed E-state index contributed by atoms with van der Waals surface area (Å²) in [6.45, 7) is 16.4. The van der Waals surface area contributed by atoms with Gasteiger partial charge in [-0.25, -0.2) is 32.9 Å². The molecule has 12 heteroatoms. The van der Waals surface area contributed by atoms with Crippen LogP contribution >= 0.6 is 11.3 Å². The molecule has 0 aliphatic carbocycles. The highest BCUT2D eigenvalue weighted by Crippen LogP contribution is 2.39. The summed E-state index contributed by atoms with van der Waals surface area (Å²) >= 11 is 1.48.